The van der Waals surface area contributed by atoms with E-state index in [4.69, 9.17) is 56.8 Å². The van der Waals surface area contributed by atoms with Crippen LogP contribution in [0.25, 0.3) is 0 Å². The van der Waals surface area contributed by atoms with Gasteiger partial charge in [0, 0.05) is 26.1 Å². The Bertz CT molecular complexity index is 1410. The molecule has 0 saturated carbocycles. The molecular weight excluding hydrogens is 592 g/mol. The van der Waals surface area contributed by atoms with Gasteiger partial charge in [-0.2, -0.15) is 0 Å². The average Bonchev–Trinajstić information content (AvgIpc) is 3.68. The molecule has 1 aliphatic carbocycles. The first-order valence-corrected chi connectivity index (χ1v) is 14.9. The van der Waals surface area contributed by atoms with Crippen LogP contribution in [0.5, 0.6) is 28.7 Å². The smallest absolute Gasteiger partial charge is 0.310 e. The number of esters is 1. The molecule has 0 radical (unpaired) electrons. The second kappa shape index (κ2) is 12.1. The molecule has 13 nitrogen and oxygen atoms in total. The van der Waals surface area contributed by atoms with Gasteiger partial charge in [-0.15, -0.1) is 0 Å². The number of rotatable bonds is 8. The fourth-order valence-electron chi connectivity index (χ4n) is 7.41. The Hall–Kier alpha value is -3.33. The molecule has 0 aromatic heterocycles. The van der Waals surface area contributed by atoms with Gasteiger partial charge >= 0.3 is 5.97 Å². The van der Waals surface area contributed by atoms with Crippen LogP contribution in [0.3, 0.4) is 0 Å². The Balaban J connectivity index is 1.33. The van der Waals surface area contributed by atoms with Gasteiger partial charge in [-0.1, -0.05) is 0 Å². The van der Waals surface area contributed by atoms with Crippen molar-refractivity contribution in [2.24, 2.45) is 11.8 Å². The highest BCUT2D eigenvalue weighted by Gasteiger charge is 2.56. The van der Waals surface area contributed by atoms with Crippen LogP contribution in [-0.2, 0) is 38.0 Å². The minimum Gasteiger partial charge on any atom is -0.493 e. The first-order chi connectivity index (χ1) is 21.9. The minimum atomic E-state index is -0.876. The third kappa shape index (κ3) is 4.97. The summed E-state index contributed by atoms with van der Waals surface area (Å²) in [7, 11) is 7.85. The number of hydrogen-bond acceptors (Lipinski definition) is 13. The van der Waals surface area contributed by atoms with E-state index >= 15 is 0 Å². The highest BCUT2D eigenvalue weighted by atomic mass is 16.8. The van der Waals surface area contributed by atoms with Crippen LogP contribution in [0, 0.1) is 11.8 Å². The molecule has 0 bridgehead atoms. The molecule has 13 heteroatoms. The third-order valence-corrected chi connectivity index (χ3v) is 9.43. The van der Waals surface area contributed by atoms with Gasteiger partial charge < -0.3 is 56.8 Å². The maximum Gasteiger partial charge on any atom is 0.310 e. The molecule has 5 aliphatic rings. The van der Waals surface area contributed by atoms with E-state index in [1.165, 1.54) is 0 Å². The number of fused-ring (bicyclic) bond motifs is 4. The monoisotopic (exact) mass is 630 g/mol. The Morgan fingerprint density at radius 2 is 1.47 bits per heavy atom. The second-order valence-corrected chi connectivity index (χ2v) is 11.6. The molecule has 0 N–H and O–H groups in total. The van der Waals surface area contributed by atoms with Crippen molar-refractivity contribution in [2.45, 2.75) is 55.9 Å². The van der Waals surface area contributed by atoms with Crippen LogP contribution in [-0.4, -0.2) is 98.5 Å². The van der Waals surface area contributed by atoms with Gasteiger partial charge in [-0.05, 0) is 47.9 Å². The highest BCUT2D eigenvalue weighted by molar-refractivity contribution is 5.79. The van der Waals surface area contributed by atoms with Crippen LogP contribution in [0.4, 0.5) is 0 Å². The lowest BCUT2D eigenvalue weighted by Gasteiger charge is -2.49. The first kappa shape index (κ1) is 30.3. The summed E-state index contributed by atoms with van der Waals surface area (Å²) in [5.41, 5.74) is 2.42. The number of carbonyl (C=O) groups is 1. The van der Waals surface area contributed by atoms with Crippen LogP contribution in [0.1, 0.15) is 35.6 Å². The second-order valence-electron chi connectivity index (χ2n) is 11.6. The summed E-state index contributed by atoms with van der Waals surface area (Å²) in [4.78, 5) is 13.6. The summed E-state index contributed by atoms with van der Waals surface area (Å²) in [5, 5.41) is 0. The number of cyclic esters (lactones) is 1. The average molecular weight is 631 g/mol. The lowest BCUT2D eigenvalue weighted by Crippen LogP contribution is -2.64. The summed E-state index contributed by atoms with van der Waals surface area (Å²) >= 11 is 0. The summed E-state index contributed by atoms with van der Waals surface area (Å²) in [5.74, 6) is 0.783. The topological polar surface area (TPSA) is 128 Å². The van der Waals surface area contributed by atoms with Gasteiger partial charge in [0.2, 0.25) is 12.5 Å². The zero-order chi connectivity index (χ0) is 31.4. The molecule has 2 aromatic rings. The van der Waals surface area contributed by atoms with Crippen molar-refractivity contribution in [3.8, 4) is 28.7 Å². The zero-order valence-electron chi connectivity index (χ0n) is 26.0. The Morgan fingerprint density at radius 1 is 0.778 bits per heavy atom. The molecule has 7 rings (SSSR count). The van der Waals surface area contributed by atoms with Crippen molar-refractivity contribution in [2.75, 3.05) is 55.6 Å². The van der Waals surface area contributed by atoms with E-state index < -0.39 is 54.9 Å². The number of methoxy groups -OCH3 is 5. The number of benzene rings is 2. The molecular formula is C32H38O13. The summed E-state index contributed by atoms with van der Waals surface area (Å²) in [6.07, 6.45) is -3.91. The molecule has 8 unspecified atom stereocenters. The molecule has 244 valence electrons. The maximum absolute atomic E-state index is 13.6. The molecule has 4 heterocycles. The molecule has 3 saturated heterocycles. The highest BCUT2D eigenvalue weighted by Crippen LogP contribution is 2.57. The van der Waals surface area contributed by atoms with E-state index in [2.05, 4.69) is 0 Å². The summed E-state index contributed by atoms with van der Waals surface area (Å²) in [6.45, 7) is 2.37. The van der Waals surface area contributed by atoms with Crippen molar-refractivity contribution < 1.29 is 61.6 Å². The molecule has 2 aromatic carbocycles. The quantitative estimate of drug-likeness (QED) is 0.397. The minimum absolute atomic E-state index is 0.0853. The predicted molar refractivity (Wildman–Crippen MR) is 153 cm³/mol. The Morgan fingerprint density at radius 3 is 2.11 bits per heavy atom. The fraction of sp³-hybridized carbons (Fsp3) is 0.594. The van der Waals surface area contributed by atoms with E-state index in [0.717, 1.165) is 16.7 Å². The Kier molecular flexibility index (Phi) is 8.17. The van der Waals surface area contributed by atoms with E-state index in [0.29, 0.717) is 35.4 Å². The first-order valence-electron chi connectivity index (χ1n) is 14.9. The van der Waals surface area contributed by atoms with Crippen molar-refractivity contribution in [1.29, 1.82) is 0 Å². The van der Waals surface area contributed by atoms with Crippen LogP contribution in [0.2, 0.25) is 0 Å². The lowest BCUT2D eigenvalue weighted by molar-refractivity contribution is -0.369. The molecule has 0 amide bonds. The summed E-state index contributed by atoms with van der Waals surface area (Å²) < 4.78 is 71.1. The van der Waals surface area contributed by atoms with Crippen molar-refractivity contribution in [3.63, 3.8) is 0 Å². The summed E-state index contributed by atoms with van der Waals surface area (Å²) in [6, 6.07) is 7.56. The van der Waals surface area contributed by atoms with E-state index in [1.54, 1.807) is 35.5 Å². The van der Waals surface area contributed by atoms with Crippen LogP contribution < -0.4 is 23.7 Å². The number of ether oxygens (including phenoxy) is 12. The van der Waals surface area contributed by atoms with Crippen molar-refractivity contribution >= 4 is 5.97 Å². The normalized spacial score (nSPS) is 34.8. The Labute approximate surface area is 260 Å². The fourth-order valence-corrected chi connectivity index (χ4v) is 7.41. The predicted octanol–water partition coefficient (Wildman–Crippen LogP) is 2.95. The van der Waals surface area contributed by atoms with Crippen LogP contribution >= 0.6 is 0 Å². The molecule has 0 spiro atoms. The van der Waals surface area contributed by atoms with Crippen molar-refractivity contribution in [1.82, 2.24) is 0 Å². The van der Waals surface area contributed by atoms with Crippen LogP contribution in [0.15, 0.2) is 24.3 Å². The molecule has 45 heavy (non-hydrogen) atoms. The zero-order valence-corrected chi connectivity index (χ0v) is 26.0. The molecule has 4 aliphatic heterocycles. The SMILES string of the molecule is COc1cc([C@@H]2c3cc4c(cc3C(OC3OC5COC(C)OC5C(OC)C3OC)[C@H]3COC(=O)C23)OCO4)cc(OC)c1OC. The largest absolute Gasteiger partial charge is 0.493 e. The number of hydrogen-bond donors (Lipinski definition) is 0. The maximum atomic E-state index is 13.6. The van der Waals surface area contributed by atoms with Gasteiger partial charge in [-0.3, -0.25) is 4.79 Å². The van der Waals surface area contributed by atoms with Crippen molar-refractivity contribution in [3.05, 3.63) is 41.0 Å². The third-order valence-electron chi connectivity index (χ3n) is 9.43. The van der Waals surface area contributed by atoms with E-state index in [1.807, 2.05) is 31.2 Å². The van der Waals surface area contributed by atoms with E-state index in [9.17, 15) is 4.79 Å². The van der Waals surface area contributed by atoms with Gasteiger partial charge in [0.15, 0.2) is 35.6 Å². The standard InChI is InChI=1S/C32H38O13/c1-14-39-12-23-28(43-14)29(37-5)30(38-6)32(44-23)45-26-17-10-20-19(41-13-42-20)9-16(17)24(25-18(26)11-40-31(25)33)15-7-21(34-2)27(36-4)22(8-15)35-3/h7-10,14,18,23-26,28-30,32H,11-13H2,1-6H3/t14?,18-,23?,24+,25?,26?,28?,29?,30?,32?/m0/s1. The number of carbonyl (C=O) groups excluding carboxylic acids is 1. The molecule has 10 atom stereocenters. The van der Waals surface area contributed by atoms with E-state index in [-0.39, 0.29) is 25.3 Å². The van der Waals surface area contributed by atoms with Gasteiger partial charge in [0.1, 0.15) is 24.4 Å². The van der Waals surface area contributed by atoms with Gasteiger partial charge in [0.25, 0.3) is 0 Å². The lowest BCUT2D eigenvalue weighted by atomic mass is 9.66. The van der Waals surface area contributed by atoms with Gasteiger partial charge in [0.05, 0.1) is 46.6 Å². The van der Waals surface area contributed by atoms with Gasteiger partial charge in [-0.25, -0.2) is 0 Å². The molecule has 3 fully saturated rings.